The average molecular weight is 232 g/mol. The molecule has 1 unspecified atom stereocenters. The molecule has 1 amide bonds. The summed E-state index contributed by atoms with van der Waals surface area (Å²) in [6, 6.07) is -0.559. The van der Waals surface area contributed by atoms with E-state index in [-0.39, 0.29) is 0 Å². The first-order valence-electron chi connectivity index (χ1n) is 4.07. The summed E-state index contributed by atoms with van der Waals surface area (Å²) >= 11 is 2.90. The fraction of sp³-hybridized carbons (Fsp3) is 0.571. The van der Waals surface area contributed by atoms with Crippen LogP contribution in [0.1, 0.15) is 12.2 Å². The number of primary amides is 1. The number of nitrogens with two attached hydrogens (primary N) is 2. The molecule has 0 bridgehead atoms. The molecule has 0 aliphatic rings. The number of amides is 1. The van der Waals surface area contributed by atoms with E-state index < -0.39 is 11.9 Å². The lowest BCUT2D eigenvalue weighted by molar-refractivity contribution is -0.119. The fourth-order valence-corrected chi connectivity index (χ4v) is 2.49. The first-order valence-corrected chi connectivity index (χ1v) is 5.83. The van der Waals surface area contributed by atoms with Crippen LogP contribution in [0, 0.1) is 6.92 Å². The number of nitrogens with zero attached hydrogens (tertiary/aromatic N) is 2. The maximum atomic E-state index is 10.6. The molecule has 0 aromatic carbocycles. The molecule has 1 aromatic rings. The van der Waals surface area contributed by atoms with Crippen LogP contribution in [0.2, 0.25) is 0 Å². The maximum absolute atomic E-state index is 10.6. The van der Waals surface area contributed by atoms with E-state index in [1.54, 1.807) is 11.8 Å². The molecule has 78 valence electrons. The van der Waals surface area contributed by atoms with Gasteiger partial charge in [-0.15, -0.1) is 0 Å². The van der Waals surface area contributed by atoms with Crippen molar-refractivity contribution in [3.63, 3.8) is 0 Å². The van der Waals surface area contributed by atoms with E-state index in [2.05, 4.69) is 9.36 Å². The van der Waals surface area contributed by atoms with E-state index in [1.165, 1.54) is 11.5 Å². The Bertz CT molecular complexity index is 314. The zero-order valence-corrected chi connectivity index (χ0v) is 9.40. The van der Waals surface area contributed by atoms with Crippen LogP contribution in [0.15, 0.2) is 4.34 Å². The number of carbonyl (C=O) groups is 1. The van der Waals surface area contributed by atoms with Crippen LogP contribution in [0.4, 0.5) is 0 Å². The standard InChI is InChI=1S/C7H12N4OS2/c1-4-10-7(14-11-4)13-3-2-5(8)6(9)12/h5H,2-3,8H2,1H3,(H2,9,12). The maximum Gasteiger partial charge on any atom is 0.234 e. The first kappa shape index (κ1) is 11.4. The lowest BCUT2D eigenvalue weighted by Crippen LogP contribution is -2.36. The summed E-state index contributed by atoms with van der Waals surface area (Å²) in [5.74, 6) is 1.05. The molecule has 1 aromatic heterocycles. The lowest BCUT2D eigenvalue weighted by Gasteiger charge is -2.04. The minimum absolute atomic E-state index is 0.459. The number of thioether (sulfide) groups is 1. The summed E-state index contributed by atoms with van der Waals surface area (Å²) < 4.78 is 4.94. The van der Waals surface area contributed by atoms with Gasteiger partial charge >= 0.3 is 0 Å². The summed E-state index contributed by atoms with van der Waals surface area (Å²) in [6.45, 7) is 1.84. The van der Waals surface area contributed by atoms with Crippen molar-refractivity contribution in [3.05, 3.63) is 5.82 Å². The Balaban J connectivity index is 2.25. The Morgan fingerprint density at radius 3 is 2.93 bits per heavy atom. The lowest BCUT2D eigenvalue weighted by atomic mass is 10.2. The Morgan fingerprint density at radius 1 is 1.71 bits per heavy atom. The van der Waals surface area contributed by atoms with Crippen molar-refractivity contribution < 1.29 is 4.79 Å². The highest BCUT2D eigenvalue weighted by atomic mass is 32.2. The highest BCUT2D eigenvalue weighted by Gasteiger charge is 2.09. The van der Waals surface area contributed by atoms with Crippen LogP contribution < -0.4 is 11.5 Å². The smallest absolute Gasteiger partial charge is 0.234 e. The van der Waals surface area contributed by atoms with Crippen molar-refractivity contribution in [2.45, 2.75) is 23.7 Å². The molecule has 14 heavy (non-hydrogen) atoms. The monoisotopic (exact) mass is 232 g/mol. The normalized spacial score (nSPS) is 12.7. The molecule has 0 fully saturated rings. The topological polar surface area (TPSA) is 94.9 Å². The van der Waals surface area contributed by atoms with Gasteiger partial charge in [0.1, 0.15) is 5.82 Å². The molecule has 1 heterocycles. The Hall–Kier alpha value is -0.660. The molecular weight excluding hydrogens is 220 g/mol. The molecule has 7 heteroatoms. The van der Waals surface area contributed by atoms with E-state index in [0.717, 1.165) is 15.9 Å². The number of hydrogen-bond acceptors (Lipinski definition) is 6. The number of carbonyl (C=O) groups excluding carboxylic acids is 1. The Kier molecular flexibility index (Phi) is 4.30. The van der Waals surface area contributed by atoms with Crippen molar-refractivity contribution in [2.75, 3.05) is 5.75 Å². The van der Waals surface area contributed by atoms with Gasteiger partial charge in [0.2, 0.25) is 5.91 Å². The van der Waals surface area contributed by atoms with Crippen molar-refractivity contribution in [2.24, 2.45) is 11.5 Å². The van der Waals surface area contributed by atoms with Crippen LogP contribution in [-0.2, 0) is 4.79 Å². The minimum atomic E-state index is -0.559. The van der Waals surface area contributed by atoms with Gasteiger partial charge in [0.05, 0.1) is 6.04 Å². The van der Waals surface area contributed by atoms with Crippen LogP contribution in [0.3, 0.4) is 0 Å². The van der Waals surface area contributed by atoms with Gasteiger partial charge in [-0.05, 0) is 24.9 Å². The van der Waals surface area contributed by atoms with Gasteiger partial charge in [-0.25, -0.2) is 4.98 Å². The van der Waals surface area contributed by atoms with Crippen LogP contribution in [0.25, 0.3) is 0 Å². The number of rotatable bonds is 5. The first-order chi connectivity index (χ1) is 6.59. The largest absolute Gasteiger partial charge is 0.368 e. The summed E-state index contributed by atoms with van der Waals surface area (Å²) in [5, 5.41) is 0. The number of aromatic nitrogens is 2. The quantitative estimate of drug-likeness (QED) is 0.704. The average Bonchev–Trinajstić information content (AvgIpc) is 2.51. The fourth-order valence-electron chi connectivity index (χ4n) is 0.752. The third-order valence-corrected chi connectivity index (χ3v) is 3.49. The number of hydrogen-bond donors (Lipinski definition) is 2. The third-order valence-electron chi connectivity index (χ3n) is 1.53. The van der Waals surface area contributed by atoms with Gasteiger partial charge in [-0.1, -0.05) is 11.8 Å². The van der Waals surface area contributed by atoms with Gasteiger partial charge in [-0.2, -0.15) is 4.37 Å². The van der Waals surface area contributed by atoms with Crippen LogP contribution >= 0.6 is 23.3 Å². The van der Waals surface area contributed by atoms with Gasteiger partial charge in [-0.3, -0.25) is 4.79 Å². The molecule has 0 saturated carbocycles. The van der Waals surface area contributed by atoms with Crippen LogP contribution in [-0.4, -0.2) is 27.1 Å². The van der Waals surface area contributed by atoms with E-state index in [0.29, 0.717) is 6.42 Å². The van der Waals surface area contributed by atoms with E-state index in [9.17, 15) is 4.79 Å². The third kappa shape index (κ3) is 3.60. The van der Waals surface area contributed by atoms with Crippen LogP contribution in [0.5, 0.6) is 0 Å². The zero-order chi connectivity index (χ0) is 10.6. The zero-order valence-electron chi connectivity index (χ0n) is 7.77. The summed E-state index contributed by atoms with van der Waals surface area (Å²) in [7, 11) is 0. The predicted octanol–water partition coefficient (Wildman–Crippen LogP) is 0.141. The molecular formula is C7H12N4OS2. The van der Waals surface area contributed by atoms with E-state index in [1.807, 2.05) is 6.92 Å². The second-order valence-electron chi connectivity index (χ2n) is 2.75. The van der Waals surface area contributed by atoms with Gasteiger partial charge < -0.3 is 11.5 Å². The molecule has 0 aliphatic carbocycles. The second-order valence-corrected chi connectivity index (χ2v) is 4.85. The molecule has 4 N–H and O–H groups in total. The van der Waals surface area contributed by atoms with Crippen molar-refractivity contribution >= 4 is 29.2 Å². The van der Waals surface area contributed by atoms with E-state index in [4.69, 9.17) is 11.5 Å². The summed E-state index contributed by atoms with van der Waals surface area (Å²) in [5.41, 5.74) is 10.5. The Labute approximate surface area is 90.4 Å². The molecule has 5 nitrogen and oxygen atoms in total. The summed E-state index contributed by atoms with van der Waals surface area (Å²) in [6.07, 6.45) is 0.568. The van der Waals surface area contributed by atoms with Gasteiger partial charge in [0, 0.05) is 5.75 Å². The molecule has 0 radical (unpaired) electrons. The van der Waals surface area contributed by atoms with Gasteiger partial charge in [0.15, 0.2) is 4.34 Å². The highest BCUT2D eigenvalue weighted by molar-refractivity contribution is 8.00. The number of aryl methyl sites for hydroxylation is 1. The Morgan fingerprint density at radius 2 is 2.43 bits per heavy atom. The SMILES string of the molecule is Cc1nsc(SCCC(N)C(N)=O)n1. The van der Waals surface area contributed by atoms with E-state index >= 15 is 0 Å². The molecule has 1 atom stereocenters. The highest BCUT2D eigenvalue weighted by Crippen LogP contribution is 2.20. The minimum Gasteiger partial charge on any atom is -0.368 e. The molecule has 1 rings (SSSR count). The second kappa shape index (κ2) is 5.28. The summed E-state index contributed by atoms with van der Waals surface area (Å²) in [4.78, 5) is 14.8. The molecule has 0 spiro atoms. The van der Waals surface area contributed by atoms with Crippen molar-refractivity contribution in [1.82, 2.24) is 9.36 Å². The van der Waals surface area contributed by atoms with Gasteiger partial charge in [0.25, 0.3) is 0 Å². The molecule has 0 saturated heterocycles. The predicted molar refractivity (Wildman–Crippen MR) is 57.2 cm³/mol. The van der Waals surface area contributed by atoms with Crippen molar-refractivity contribution in [3.8, 4) is 0 Å². The van der Waals surface area contributed by atoms with Crippen molar-refractivity contribution in [1.29, 1.82) is 0 Å². The molecule has 0 aliphatic heterocycles.